The standard InChI is InChI=1S/C11H9NO2/c1-2-8-6-10-11(14-5-4-13-10)7-9(8)12-3-1/h1-2,4-7,12H,3H2. The number of hydrogen-bond donors (Lipinski definition) is 1. The molecule has 3 nitrogen and oxygen atoms in total. The van der Waals surface area contributed by atoms with Gasteiger partial charge in [0.2, 0.25) is 0 Å². The van der Waals surface area contributed by atoms with Gasteiger partial charge in [0.1, 0.15) is 12.5 Å². The molecular weight excluding hydrogens is 178 g/mol. The van der Waals surface area contributed by atoms with Crippen LogP contribution in [0.25, 0.3) is 6.08 Å². The van der Waals surface area contributed by atoms with Gasteiger partial charge < -0.3 is 14.8 Å². The van der Waals surface area contributed by atoms with Crippen LogP contribution in [0, 0.1) is 0 Å². The Bertz CT molecular complexity index is 435. The van der Waals surface area contributed by atoms with E-state index in [9.17, 15) is 0 Å². The summed E-state index contributed by atoms with van der Waals surface area (Å²) in [6.07, 6.45) is 7.23. The van der Waals surface area contributed by atoms with Crippen molar-refractivity contribution < 1.29 is 9.47 Å². The maximum atomic E-state index is 5.32. The van der Waals surface area contributed by atoms with Gasteiger partial charge in [0, 0.05) is 23.9 Å². The zero-order valence-electron chi connectivity index (χ0n) is 7.49. The molecule has 1 aromatic carbocycles. The van der Waals surface area contributed by atoms with Crippen LogP contribution in [0.15, 0.2) is 30.7 Å². The number of anilines is 1. The SMILES string of the molecule is C1=Cc2cc3c(cc2NC1)OC=CO3. The van der Waals surface area contributed by atoms with Gasteiger partial charge in [-0.15, -0.1) is 0 Å². The van der Waals surface area contributed by atoms with Crippen molar-refractivity contribution >= 4 is 11.8 Å². The molecule has 0 amide bonds. The highest BCUT2D eigenvalue weighted by molar-refractivity contribution is 5.74. The summed E-state index contributed by atoms with van der Waals surface area (Å²) in [6, 6.07) is 3.93. The van der Waals surface area contributed by atoms with Gasteiger partial charge in [-0.25, -0.2) is 0 Å². The fourth-order valence-corrected chi connectivity index (χ4v) is 1.61. The third kappa shape index (κ3) is 1.06. The minimum absolute atomic E-state index is 0.758. The topological polar surface area (TPSA) is 30.5 Å². The molecule has 0 radical (unpaired) electrons. The molecule has 2 aliphatic rings. The first kappa shape index (κ1) is 7.50. The third-order valence-electron chi connectivity index (χ3n) is 2.27. The normalized spacial score (nSPS) is 16.0. The van der Waals surface area contributed by atoms with Crippen LogP contribution in [0.5, 0.6) is 11.5 Å². The van der Waals surface area contributed by atoms with Crippen molar-refractivity contribution in [3.8, 4) is 11.5 Å². The lowest BCUT2D eigenvalue weighted by molar-refractivity contribution is 0.362. The van der Waals surface area contributed by atoms with Gasteiger partial charge in [-0.1, -0.05) is 12.2 Å². The molecule has 0 atom stereocenters. The van der Waals surface area contributed by atoms with E-state index in [2.05, 4.69) is 17.5 Å². The maximum Gasteiger partial charge on any atom is 0.171 e. The zero-order valence-corrected chi connectivity index (χ0v) is 7.49. The summed E-state index contributed by atoms with van der Waals surface area (Å²) in [6.45, 7) is 0.864. The smallest absolute Gasteiger partial charge is 0.171 e. The number of nitrogens with one attached hydrogen (secondary N) is 1. The summed E-state index contributed by atoms with van der Waals surface area (Å²) in [7, 11) is 0. The van der Waals surface area contributed by atoms with Gasteiger partial charge in [0.25, 0.3) is 0 Å². The summed E-state index contributed by atoms with van der Waals surface area (Å²) < 4.78 is 10.6. The molecule has 3 rings (SSSR count). The van der Waals surface area contributed by atoms with Crippen LogP contribution in [0.1, 0.15) is 5.56 Å². The zero-order chi connectivity index (χ0) is 9.38. The molecule has 0 saturated carbocycles. The van der Waals surface area contributed by atoms with E-state index in [4.69, 9.17) is 9.47 Å². The van der Waals surface area contributed by atoms with E-state index in [-0.39, 0.29) is 0 Å². The molecule has 0 saturated heterocycles. The molecule has 3 heteroatoms. The number of fused-ring (bicyclic) bond motifs is 2. The summed E-state index contributed by atoms with van der Waals surface area (Å²) in [5.74, 6) is 1.52. The number of hydrogen-bond acceptors (Lipinski definition) is 3. The van der Waals surface area contributed by atoms with E-state index in [1.165, 1.54) is 12.5 Å². The summed E-state index contributed by atoms with van der Waals surface area (Å²) in [5.41, 5.74) is 2.22. The van der Waals surface area contributed by atoms with Crippen LogP contribution in [0.3, 0.4) is 0 Å². The second-order valence-electron chi connectivity index (χ2n) is 3.18. The highest BCUT2D eigenvalue weighted by atomic mass is 16.5. The molecule has 0 spiro atoms. The molecule has 0 aromatic heterocycles. The predicted molar refractivity (Wildman–Crippen MR) is 54.4 cm³/mol. The minimum atomic E-state index is 0.758. The lowest BCUT2D eigenvalue weighted by atomic mass is 10.1. The molecule has 0 unspecified atom stereocenters. The molecular formula is C11H9NO2. The number of rotatable bonds is 0. The van der Waals surface area contributed by atoms with Crippen molar-refractivity contribution in [3.05, 3.63) is 36.3 Å². The predicted octanol–water partition coefficient (Wildman–Crippen LogP) is 2.37. The van der Waals surface area contributed by atoms with Crippen LogP contribution in [-0.4, -0.2) is 6.54 Å². The van der Waals surface area contributed by atoms with Gasteiger partial charge in [0.15, 0.2) is 11.5 Å². The second kappa shape index (κ2) is 2.80. The Morgan fingerprint density at radius 2 is 1.86 bits per heavy atom. The first-order valence-electron chi connectivity index (χ1n) is 4.50. The van der Waals surface area contributed by atoms with Gasteiger partial charge in [-0.05, 0) is 6.07 Å². The molecule has 0 fully saturated rings. The number of ether oxygens (including phenoxy) is 2. The Morgan fingerprint density at radius 3 is 2.71 bits per heavy atom. The van der Waals surface area contributed by atoms with Crippen LogP contribution >= 0.6 is 0 Å². The van der Waals surface area contributed by atoms with Crippen molar-refractivity contribution in [1.29, 1.82) is 0 Å². The summed E-state index contributed by atoms with van der Waals surface area (Å²) >= 11 is 0. The monoisotopic (exact) mass is 187 g/mol. The molecule has 2 heterocycles. The van der Waals surface area contributed by atoms with Crippen LogP contribution in [0.4, 0.5) is 5.69 Å². The molecule has 1 aromatic rings. The number of benzene rings is 1. The lowest BCUT2D eigenvalue weighted by Crippen LogP contribution is -2.06. The van der Waals surface area contributed by atoms with Crippen molar-refractivity contribution in [3.63, 3.8) is 0 Å². The average molecular weight is 187 g/mol. The largest absolute Gasteiger partial charge is 0.458 e. The van der Waals surface area contributed by atoms with Crippen LogP contribution in [-0.2, 0) is 0 Å². The van der Waals surface area contributed by atoms with E-state index in [0.717, 1.165) is 29.3 Å². The van der Waals surface area contributed by atoms with Crippen molar-refractivity contribution in [2.75, 3.05) is 11.9 Å². The quantitative estimate of drug-likeness (QED) is 0.676. The fraction of sp³-hybridized carbons (Fsp3) is 0.0909. The molecule has 70 valence electrons. The Balaban J connectivity index is 2.14. The van der Waals surface area contributed by atoms with Crippen molar-refractivity contribution in [1.82, 2.24) is 0 Å². The van der Waals surface area contributed by atoms with Crippen LogP contribution in [0.2, 0.25) is 0 Å². The summed E-state index contributed by atoms with van der Waals surface area (Å²) in [4.78, 5) is 0. The highest BCUT2D eigenvalue weighted by Gasteiger charge is 2.13. The lowest BCUT2D eigenvalue weighted by Gasteiger charge is -2.18. The maximum absolute atomic E-state index is 5.32. The molecule has 0 bridgehead atoms. The Kier molecular flexibility index (Phi) is 1.50. The molecule has 1 N–H and O–H groups in total. The Hall–Kier alpha value is -1.90. The van der Waals surface area contributed by atoms with E-state index in [1.54, 1.807) is 0 Å². The van der Waals surface area contributed by atoms with Gasteiger partial charge in [0.05, 0.1) is 0 Å². The molecule has 0 aliphatic carbocycles. The molecule has 14 heavy (non-hydrogen) atoms. The van der Waals surface area contributed by atoms with E-state index >= 15 is 0 Å². The molecule has 2 aliphatic heterocycles. The van der Waals surface area contributed by atoms with Gasteiger partial charge >= 0.3 is 0 Å². The van der Waals surface area contributed by atoms with Crippen molar-refractivity contribution in [2.45, 2.75) is 0 Å². The van der Waals surface area contributed by atoms with E-state index in [1.807, 2.05) is 12.1 Å². The van der Waals surface area contributed by atoms with E-state index in [0.29, 0.717) is 0 Å². The second-order valence-corrected chi connectivity index (χ2v) is 3.18. The summed E-state index contributed by atoms with van der Waals surface area (Å²) in [5, 5.41) is 3.27. The van der Waals surface area contributed by atoms with Gasteiger partial charge in [-0.2, -0.15) is 0 Å². The first-order chi connectivity index (χ1) is 6.93. The minimum Gasteiger partial charge on any atom is -0.458 e. The van der Waals surface area contributed by atoms with Crippen LogP contribution < -0.4 is 14.8 Å². The highest BCUT2D eigenvalue weighted by Crippen LogP contribution is 2.37. The van der Waals surface area contributed by atoms with E-state index < -0.39 is 0 Å². The Morgan fingerprint density at radius 1 is 1.07 bits per heavy atom. The first-order valence-corrected chi connectivity index (χ1v) is 4.50. The van der Waals surface area contributed by atoms with Crippen molar-refractivity contribution in [2.24, 2.45) is 0 Å². The Labute approximate surface area is 81.6 Å². The van der Waals surface area contributed by atoms with Gasteiger partial charge in [-0.3, -0.25) is 0 Å². The average Bonchev–Trinajstić information content (AvgIpc) is 2.26. The fourth-order valence-electron chi connectivity index (χ4n) is 1.61. The third-order valence-corrected chi connectivity index (χ3v) is 2.27.